The van der Waals surface area contributed by atoms with Crippen LogP contribution in [0.1, 0.15) is 11.1 Å². The molecule has 0 spiro atoms. The molecule has 0 aliphatic carbocycles. The van der Waals surface area contributed by atoms with E-state index in [1.807, 2.05) is 24.3 Å². The Morgan fingerprint density at radius 1 is 1.30 bits per heavy atom. The van der Waals surface area contributed by atoms with Gasteiger partial charge in [0.2, 0.25) is 0 Å². The van der Waals surface area contributed by atoms with Gasteiger partial charge in [0.1, 0.15) is 4.21 Å². The van der Waals surface area contributed by atoms with E-state index in [2.05, 4.69) is 15.9 Å². The van der Waals surface area contributed by atoms with E-state index in [4.69, 9.17) is 5.11 Å². The van der Waals surface area contributed by atoms with Crippen LogP contribution in [0, 0.1) is 0 Å². The van der Waals surface area contributed by atoms with Gasteiger partial charge in [-0.2, -0.15) is 4.31 Å². The molecule has 0 aliphatic rings. The minimum atomic E-state index is -3.51. The van der Waals surface area contributed by atoms with Gasteiger partial charge in [0.25, 0.3) is 10.0 Å². The van der Waals surface area contributed by atoms with Crippen molar-refractivity contribution in [2.45, 2.75) is 17.4 Å². The average molecular weight is 376 g/mol. The molecule has 0 amide bonds. The summed E-state index contributed by atoms with van der Waals surface area (Å²) in [5, 5.41) is 10.7. The van der Waals surface area contributed by atoms with Crippen molar-refractivity contribution in [3.8, 4) is 0 Å². The second-order valence-electron chi connectivity index (χ2n) is 4.32. The molecule has 0 unspecified atom stereocenters. The lowest BCUT2D eigenvalue weighted by Crippen LogP contribution is -2.25. The third-order valence-electron chi connectivity index (χ3n) is 2.77. The predicted molar refractivity (Wildman–Crippen MR) is 83.0 cm³/mol. The van der Waals surface area contributed by atoms with E-state index in [0.717, 1.165) is 21.4 Å². The Kier molecular flexibility index (Phi) is 4.98. The lowest BCUT2D eigenvalue weighted by atomic mass is 10.2. The summed E-state index contributed by atoms with van der Waals surface area (Å²) in [6.07, 6.45) is 0. The highest BCUT2D eigenvalue weighted by Crippen LogP contribution is 2.24. The number of nitrogens with zero attached hydrogens (tertiary/aromatic N) is 1. The van der Waals surface area contributed by atoms with Crippen LogP contribution in [0.2, 0.25) is 0 Å². The van der Waals surface area contributed by atoms with Gasteiger partial charge in [-0.1, -0.05) is 28.1 Å². The van der Waals surface area contributed by atoms with Gasteiger partial charge in [-0.15, -0.1) is 11.3 Å². The highest BCUT2D eigenvalue weighted by Gasteiger charge is 2.22. The molecule has 0 saturated carbocycles. The molecule has 0 atom stereocenters. The van der Waals surface area contributed by atoms with Crippen LogP contribution in [0.25, 0.3) is 0 Å². The topological polar surface area (TPSA) is 57.6 Å². The second-order valence-corrected chi connectivity index (χ2v) is 8.42. The molecule has 1 aromatic carbocycles. The molecule has 2 rings (SSSR count). The normalized spacial score (nSPS) is 12.0. The summed E-state index contributed by atoms with van der Waals surface area (Å²) >= 11 is 4.49. The molecule has 0 bridgehead atoms. The van der Waals surface area contributed by atoms with E-state index in [0.29, 0.717) is 12.1 Å². The Morgan fingerprint density at radius 2 is 2.05 bits per heavy atom. The SMILES string of the molecule is CN(Cc1cccc(Br)c1)S(=O)(=O)c1cc(CO)cs1. The maximum atomic E-state index is 12.4. The third kappa shape index (κ3) is 3.48. The van der Waals surface area contributed by atoms with Gasteiger partial charge in [0, 0.05) is 18.1 Å². The van der Waals surface area contributed by atoms with E-state index in [1.165, 1.54) is 10.4 Å². The fourth-order valence-corrected chi connectivity index (χ4v) is 4.72. The molecule has 1 aromatic heterocycles. The van der Waals surface area contributed by atoms with Gasteiger partial charge >= 0.3 is 0 Å². The lowest BCUT2D eigenvalue weighted by molar-refractivity contribution is 0.282. The Morgan fingerprint density at radius 3 is 2.65 bits per heavy atom. The number of rotatable bonds is 5. The monoisotopic (exact) mass is 375 g/mol. The van der Waals surface area contributed by atoms with Gasteiger partial charge in [-0.25, -0.2) is 8.42 Å². The van der Waals surface area contributed by atoms with Crippen LogP contribution in [0.3, 0.4) is 0 Å². The molecule has 7 heteroatoms. The molecule has 1 heterocycles. The Balaban J connectivity index is 2.21. The summed E-state index contributed by atoms with van der Waals surface area (Å²) in [5.41, 5.74) is 1.52. The minimum absolute atomic E-state index is 0.151. The fourth-order valence-electron chi connectivity index (χ4n) is 1.70. The van der Waals surface area contributed by atoms with Crippen molar-refractivity contribution in [1.29, 1.82) is 0 Å². The maximum absolute atomic E-state index is 12.4. The molecule has 20 heavy (non-hydrogen) atoms. The molecular weight excluding hydrogens is 362 g/mol. The third-order valence-corrected chi connectivity index (χ3v) is 6.53. The summed E-state index contributed by atoms with van der Waals surface area (Å²) in [6.45, 7) is 0.148. The van der Waals surface area contributed by atoms with Gasteiger partial charge in [0.15, 0.2) is 0 Å². The quantitative estimate of drug-likeness (QED) is 0.873. The van der Waals surface area contributed by atoms with Gasteiger partial charge in [-0.05, 0) is 34.7 Å². The van der Waals surface area contributed by atoms with E-state index in [-0.39, 0.29) is 10.8 Å². The average Bonchev–Trinajstić information content (AvgIpc) is 2.88. The first-order chi connectivity index (χ1) is 9.43. The fraction of sp³-hybridized carbons (Fsp3) is 0.231. The lowest BCUT2D eigenvalue weighted by Gasteiger charge is -2.16. The van der Waals surface area contributed by atoms with Crippen molar-refractivity contribution in [1.82, 2.24) is 4.31 Å². The van der Waals surface area contributed by atoms with Crippen molar-refractivity contribution in [3.63, 3.8) is 0 Å². The Labute approximate surface area is 130 Å². The molecule has 2 aromatic rings. The number of aliphatic hydroxyl groups excluding tert-OH is 1. The number of benzene rings is 1. The number of thiophene rings is 1. The summed E-state index contributed by atoms with van der Waals surface area (Å²) in [5.74, 6) is 0. The standard InChI is InChI=1S/C13H14BrNO3S2/c1-15(7-10-3-2-4-12(14)5-10)20(17,18)13-6-11(8-16)9-19-13/h2-6,9,16H,7-8H2,1H3. The largest absolute Gasteiger partial charge is 0.392 e. The Hall–Kier alpha value is -0.730. The summed E-state index contributed by atoms with van der Waals surface area (Å²) in [6, 6.07) is 9.04. The molecule has 0 aliphatic heterocycles. The van der Waals surface area contributed by atoms with Crippen LogP contribution in [0.5, 0.6) is 0 Å². The zero-order valence-corrected chi connectivity index (χ0v) is 14.0. The van der Waals surface area contributed by atoms with Crippen molar-refractivity contribution < 1.29 is 13.5 Å². The van der Waals surface area contributed by atoms with E-state index >= 15 is 0 Å². The highest BCUT2D eigenvalue weighted by atomic mass is 79.9. The molecule has 0 saturated heterocycles. The molecule has 1 N–H and O–H groups in total. The zero-order valence-electron chi connectivity index (χ0n) is 10.8. The van der Waals surface area contributed by atoms with Crippen molar-refractivity contribution in [2.24, 2.45) is 0 Å². The number of hydrogen-bond donors (Lipinski definition) is 1. The van der Waals surface area contributed by atoms with Crippen LogP contribution in [-0.2, 0) is 23.2 Å². The first-order valence-corrected chi connectivity index (χ1v) is 8.94. The highest BCUT2D eigenvalue weighted by molar-refractivity contribution is 9.10. The first kappa shape index (κ1) is 15.7. The van der Waals surface area contributed by atoms with Crippen LogP contribution >= 0.6 is 27.3 Å². The zero-order chi connectivity index (χ0) is 14.8. The van der Waals surface area contributed by atoms with Crippen LogP contribution in [-0.4, -0.2) is 24.9 Å². The van der Waals surface area contributed by atoms with Crippen molar-refractivity contribution in [2.75, 3.05) is 7.05 Å². The predicted octanol–water partition coefficient (Wildman–Crippen LogP) is 2.82. The maximum Gasteiger partial charge on any atom is 0.252 e. The molecule has 108 valence electrons. The molecule has 0 fully saturated rings. The second kappa shape index (κ2) is 6.36. The van der Waals surface area contributed by atoms with Gasteiger partial charge in [-0.3, -0.25) is 0 Å². The molecular formula is C13H14BrNO3S2. The summed E-state index contributed by atoms with van der Waals surface area (Å²) in [4.78, 5) is 0. The molecule has 0 radical (unpaired) electrons. The smallest absolute Gasteiger partial charge is 0.252 e. The van der Waals surface area contributed by atoms with Crippen molar-refractivity contribution in [3.05, 3.63) is 51.3 Å². The van der Waals surface area contributed by atoms with Crippen LogP contribution < -0.4 is 0 Å². The number of halogens is 1. The van der Waals surface area contributed by atoms with Gasteiger partial charge < -0.3 is 5.11 Å². The van der Waals surface area contributed by atoms with E-state index in [1.54, 1.807) is 12.4 Å². The van der Waals surface area contributed by atoms with Crippen LogP contribution in [0.15, 0.2) is 44.4 Å². The molecule has 4 nitrogen and oxygen atoms in total. The van der Waals surface area contributed by atoms with Gasteiger partial charge in [0.05, 0.1) is 6.61 Å². The van der Waals surface area contributed by atoms with E-state index < -0.39 is 10.0 Å². The Bertz CT molecular complexity index is 697. The minimum Gasteiger partial charge on any atom is -0.392 e. The van der Waals surface area contributed by atoms with Crippen LogP contribution in [0.4, 0.5) is 0 Å². The number of aliphatic hydroxyl groups is 1. The first-order valence-electron chi connectivity index (χ1n) is 5.82. The number of hydrogen-bond acceptors (Lipinski definition) is 4. The number of sulfonamides is 1. The summed E-state index contributed by atoms with van der Waals surface area (Å²) < 4.78 is 27.3. The van der Waals surface area contributed by atoms with E-state index in [9.17, 15) is 8.42 Å². The van der Waals surface area contributed by atoms with Crippen molar-refractivity contribution >= 4 is 37.3 Å². The summed E-state index contributed by atoms with van der Waals surface area (Å²) in [7, 11) is -1.96.